The molecule has 1 fully saturated rings. The number of aryl methyl sites for hydroxylation is 1. The molecule has 4 nitrogen and oxygen atoms in total. The molecule has 5 heteroatoms. The Morgan fingerprint density at radius 1 is 1.21 bits per heavy atom. The molecule has 0 aliphatic heterocycles. The normalized spacial score (nSPS) is 17.5. The van der Waals surface area contributed by atoms with Gasteiger partial charge in [-0.05, 0) is 25.8 Å². The number of thiocarbonyl (C=S) groups is 1. The van der Waals surface area contributed by atoms with E-state index >= 15 is 0 Å². The van der Waals surface area contributed by atoms with Crippen LogP contribution in [-0.4, -0.2) is 21.0 Å². The molecule has 104 valence electrons. The first-order valence-corrected chi connectivity index (χ1v) is 7.48. The van der Waals surface area contributed by atoms with Gasteiger partial charge in [0.2, 0.25) is 5.95 Å². The van der Waals surface area contributed by atoms with E-state index in [-0.39, 0.29) is 0 Å². The average Bonchev–Trinajstić information content (AvgIpc) is 2.31. The maximum absolute atomic E-state index is 5.64. The molecule has 1 aromatic rings. The zero-order chi connectivity index (χ0) is 13.7. The average molecular weight is 278 g/mol. The fourth-order valence-electron chi connectivity index (χ4n) is 2.54. The predicted molar refractivity (Wildman–Crippen MR) is 82.4 cm³/mol. The van der Waals surface area contributed by atoms with Gasteiger partial charge in [0.05, 0.1) is 0 Å². The van der Waals surface area contributed by atoms with Gasteiger partial charge in [-0.1, -0.05) is 44.3 Å². The largest absolute Gasteiger partial charge is 0.388 e. The van der Waals surface area contributed by atoms with Crippen LogP contribution in [0.4, 0.5) is 5.95 Å². The van der Waals surface area contributed by atoms with Crippen molar-refractivity contribution in [3.05, 3.63) is 17.5 Å². The lowest BCUT2D eigenvalue weighted by Crippen LogP contribution is -2.23. The Bertz CT molecular complexity index is 439. The third-order valence-electron chi connectivity index (χ3n) is 3.55. The lowest BCUT2D eigenvalue weighted by molar-refractivity contribution is 0.470. The number of nitrogens with one attached hydrogen (secondary N) is 1. The second kappa shape index (κ2) is 6.80. The summed E-state index contributed by atoms with van der Waals surface area (Å²) in [6.07, 6.45) is 9.01. The molecule has 2 rings (SSSR count). The Kier molecular flexibility index (Phi) is 5.07. The first-order chi connectivity index (χ1) is 9.15. The van der Waals surface area contributed by atoms with Crippen molar-refractivity contribution >= 4 is 23.2 Å². The molecule has 1 saturated carbocycles. The van der Waals surface area contributed by atoms with Gasteiger partial charge in [-0.3, -0.25) is 0 Å². The Morgan fingerprint density at radius 2 is 1.84 bits per heavy atom. The summed E-state index contributed by atoms with van der Waals surface area (Å²) in [5, 5.41) is 3.45. The van der Waals surface area contributed by atoms with Crippen molar-refractivity contribution in [2.24, 2.45) is 5.73 Å². The van der Waals surface area contributed by atoms with Gasteiger partial charge in [0, 0.05) is 11.7 Å². The van der Waals surface area contributed by atoms with E-state index in [4.69, 9.17) is 18.0 Å². The molecule has 0 spiro atoms. The van der Waals surface area contributed by atoms with Gasteiger partial charge in [-0.15, -0.1) is 0 Å². The summed E-state index contributed by atoms with van der Waals surface area (Å²) in [7, 11) is 0. The highest BCUT2D eigenvalue weighted by atomic mass is 32.1. The number of anilines is 1. The van der Waals surface area contributed by atoms with Gasteiger partial charge in [0.15, 0.2) is 0 Å². The van der Waals surface area contributed by atoms with Crippen molar-refractivity contribution in [1.82, 2.24) is 9.97 Å². The Hall–Kier alpha value is -1.23. The molecular formula is C14H22N4S. The summed E-state index contributed by atoms with van der Waals surface area (Å²) in [4.78, 5) is 9.14. The number of hydrogen-bond donors (Lipinski definition) is 2. The zero-order valence-corrected chi connectivity index (χ0v) is 12.3. The van der Waals surface area contributed by atoms with Gasteiger partial charge < -0.3 is 11.1 Å². The Morgan fingerprint density at radius 3 is 2.47 bits per heavy atom. The quantitative estimate of drug-likeness (QED) is 0.832. The molecule has 1 aliphatic carbocycles. The zero-order valence-electron chi connectivity index (χ0n) is 11.5. The van der Waals surface area contributed by atoms with E-state index in [1.165, 1.54) is 44.9 Å². The molecule has 1 aromatic heterocycles. The number of aromatic nitrogens is 2. The van der Waals surface area contributed by atoms with Gasteiger partial charge in [0.25, 0.3) is 0 Å². The Balaban J connectivity index is 2.06. The lowest BCUT2D eigenvalue weighted by Gasteiger charge is -2.21. The summed E-state index contributed by atoms with van der Waals surface area (Å²) in [6, 6.07) is 2.30. The van der Waals surface area contributed by atoms with E-state index in [0.29, 0.717) is 22.7 Å². The maximum atomic E-state index is 5.64. The van der Waals surface area contributed by atoms with Crippen LogP contribution in [0.5, 0.6) is 0 Å². The summed E-state index contributed by atoms with van der Waals surface area (Å²) < 4.78 is 0. The van der Waals surface area contributed by atoms with Crippen LogP contribution < -0.4 is 11.1 Å². The van der Waals surface area contributed by atoms with Gasteiger partial charge in [-0.2, -0.15) is 0 Å². The second-order valence-corrected chi connectivity index (χ2v) is 5.71. The van der Waals surface area contributed by atoms with Crippen LogP contribution in [0, 0.1) is 6.92 Å². The second-order valence-electron chi connectivity index (χ2n) is 5.27. The van der Waals surface area contributed by atoms with Crippen LogP contribution in [0.2, 0.25) is 0 Å². The topological polar surface area (TPSA) is 63.8 Å². The minimum atomic E-state index is 0.325. The molecular weight excluding hydrogens is 256 g/mol. The molecule has 0 radical (unpaired) electrons. The third kappa shape index (κ3) is 4.42. The Labute approximate surface area is 120 Å². The predicted octanol–water partition coefficient (Wildman–Crippen LogP) is 2.94. The van der Waals surface area contributed by atoms with Gasteiger partial charge in [-0.25, -0.2) is 9.97 Å². The first-order valence-electron chi connectivity index (χ1n) is 7.07. The molecule has 19 heavy (non-hydrogen) atoms. The van der Waals surface area contributed by atoms with Crippen LogP contribution in [0.15, 0.2) is 6.07 Å². The lowest BCUT2D eigenvalue weighted by atomic mass is 9.97. The molecule has 1 heterocycles. The highest BCUT2D eigenvalue weighted by Gasteiger charge is 2.13. The van der Waals surface area contributed by atoms with Crippen LogP contribution in [0.3, 0.4) is 0 Å². The van der Waals surface area contributed by atoms with Crippen LogP contribution in [-0.2, 0) is 0 Å². The van der Waals surface area contributed by atoms with E-state index in [1.807, 2.05) is 13.0 Å². The van der Waals surface area contributed by atoms with Crippen molar-refractivity contribution in [2.45, 2.75) is 57.9 Å². The van der Waals surface area contributed by atoms with Crippen LogP contribution >= 0.6 is 12.2 Å². The van der Waals surface area contributed by atoms with E-state index in [0.717, 1.165) is 5.69 Å². The molecule has 0 atom stereocenters. The number of rotatable bonds is 3. The first kappa shape index (κ1) is 14.2. The van der Waals surface area contributed by atoms with Crippen LogP contribution in [0.25, 0.3) is 0 Å². The van der Waals surface area contributed by atoms with Crippen molar-refractivity contribution in [1.29, 1.82) is 0 Å². The molecule has 0 bridgehead atoms. The number of nitrogens with zero attached hydrogens (tertiary/aromatic N) is 2. The summed E-state index contributed by atoms with van der Waals surface area (Å²) in [5.41, 5.74) is 7.19. The molecule has 1 aliphatic rings. The molecule has 0 aromatic carbocycles. The highest BCUT2D eigenvalue weighted by Crippen LogP contribution is 2.19. The highest BCUT2D eigenvalue weighted by molar-refractivity contribution is 7.80. The van der Waals surface area contributed by atoms with E-state index < -0.39 is 0 Å². The van der Waals surface area contributed by atoms with E-state index in [1.54, 1.807) is 0 Å². The van der Waals surface area contributed by atoms with Gasteiger partial charge in [0.1, 0.15) is 10.7 Å². The SMILES string of the molecule is Cc1cc(C(N)=S)nc(NC2CCCCCCC2)n1. The fraction of sp³-hybridized carbons (Fsp3) is 0.643. The van der Waals surface area contributed by atoms with E-state index in [9.17, 15) is 0 Å². The third-order valence-corrected chi connectivity index (χ3v) is 3.75. The molecule has 3 N–H and O–H groups in total. The standard InChI is InChI=1S/C14H22N4S/c1-10-9-12(13(15)19)18-14(16-10)17-11-7-5-3-2-4-6-8-11/h9,11H,2-8H2,1H3,(H2,15,19)(H,16,17,18). The molecule has 0 unspecified atom stereocenters. The maximum Gasteiger partial charge on any atom is 0.223 e. The van der Waals surface area contributed by atoms with Crippen molar-refractivity contribution in [3.63, 3.8) is 0 Å². The molecule has 0 amide bonds. The van der Waals surface area contributed by atoms with Crippen molar-refractivity contribution in [2.75, 3.05) is 5.32 Å². The molecule has 0 saturated heterocycles. The fourth-order valence-corrected chi connectivity index (χ4v) is 2.65. The minimum absolute atomic E-state index is 0.325. The number of hydrogen-bond acceptors (Lipinski definition) is 4. The monoisotopic (exact) mass is 278 g/mol. The summed E-state index contributed by atoms with van der Waals surface area (Å²) in [6.45, 7) is 1.94. The van der Waals surface area contributed by atoms with Crippen molar-refractivity contribution in [3.8, 4) is 0 Å². The minimum Gasteiger partial charge on any atom is -0.388 e. The summed E-state index contributed by atoms with van der Waals surface area (Å²) >= 11 is 4.98. The van der Waals surface area contributed by atoms with Gasteiger partial charge >= 0.3 is 0 Å². The smallest absolute Gasteiger partial charge is 0.223 e. The number of nitrogens with two attached hydrogens (primary N) is 1. The van der Waals surface area contributed by atoms with Crippen LogP contribution in [0.1, 0.15) is 56.3 Å². The van der Waals surface area contributed by atoms with E-state index in [2.05, 4.69) is 15.3 Å². The van der Waals surface area contributed by atoms with Crippen molar-refractivity contribution < 1.29 is 0 Å². The summed E-state index contributed by atoms with van der Waals surface area (Å²) in [5.74, 6) is 0.661.